The third kappa shape index (κ3) is 5.92. The fourth-order valence-electron chi connectivity index (χ4n) is 6.07. The van der Waals surface area contributed by atoms with E-state index in [0.29, 0.717) is 56.1 Å². The summed E-state index contributed by atoms with van der Waals surface area (Å²) in [6, 6.07) is 18.8. The van der Waals surface area contributed by atoms with Gasteiger partial charge in [0.1, 0.15) is 16.4 Å². The molecule has 9 nitrogen and oxygen atoms in total. The molecule has 0 spiro atoms. The van der Waals surface area contributed by atoms with Gasteiger partial charge in [-0.3, -0.25) is 4.79 Å². The number of amides is 3. The first-order valence-corrected chi connectivity index (χ1v) is 16.8. The molecule has 1 aliphatic heterocycles. The highest BCUT2D eigenvalue weighted by Crippen LogP contribution is 2.44. The van der Waals surface area contributed by atoms with Crippen LogP contribution in [0.1, 0.15) is 53.7 Å². The number of hydrogen-bond acceptors (Lipinski definition) is 6. The number of benzene rings is 4. The summed E-state index contributed by atoms with van der Waals surface area (Å²) in [5.41, 5.74) is 3.53. The van der Waals surface area contributed by atoms with Crippen LogP contribution in [-0.2, 0) is 23.0 Å². The van der Waals surface area contributed by atoms with E-state index in [2.05, 4.69) is 10.0 Å². The topological polar surface area (TPSA) is 114 Å². The Morgan fingerprint density at radius 3 is 2.40 bits per heavy atom. The smallest absolute Gasteiger partial charge is 0.329 e. The molecule has 0 radical (unpaired) electrons. The Morgan fingerprint density at radius 1 is 0.978 bits per heavy atom. The van der Waals surface area contributed by atoms with Gasteiger partial charge in [-0.25, -0.2) is 17.9 Å². The second-order valence-electron chi connectivity index (χ2n) is 11.4. The molecule has 6 rings (SSSR count). The molecule has 1 fully saturated rings. The zero-order valence-electron chi connectivity index (χ0n) is 25.3. The number of sulfonamides is 1. The molecule has 11 heteroatoms. The Hall–Kier alpha value is -4.28. The van der Waals surface area contributed by atoms with Crippen molar-refractivity contribution in [2.45, 2.75) is 57.0 Å². The molecule has 1 aliphatic carbocycles. The molecule has 1 heterocycles. The number of rotatable bonds is 10. The van der Waals surface area contributed by atoms with E-state index in [0.717, 1.165) is 33.2 Å². The average molecular weight is 648 g/mol. The number of ether oxygens (including phenoxy) is 2. The van der Waals surface area contributed by atoms with Gasteiger partial charge in [0.25, 0.3) is 15.9 Å². The SMILES string of the molecule is CCOc1cc2cccc(OCC)c2c2c1CN(c1ccc(CC3(NC(=O)NS(=O)(=O)c4ccccc4Cl)CC3)cc1C)C2=O. The molecule has 0 bridgehead atoms. The Balaban J connectivity index is 1.22. The monoisotopic (exact) mass is 647 g/mol. The molecule has 2 N–H and O–H groups in total. The van der Waals surface area contributed by atoms with Crippen LogP contribution in [0.15, 0.2) is 71.6 Å². The number of carbonyl (C=O) groups is 2. The minimum absolute atomic E-state index is 0.0334. The molecule has 234 valence electrons. The van der Waals surface area contributed by atoms with Crippen molar-refractivity contribution < 1.29 is 27.5 Å². The standard InChI is InChI=1S/C34H34ClN3O6S/c1-4-43-27-11-8-9-23-18-28(44-5-2)24-20-38(32(39)31(24)30(23)27)26-14-13-22(17-21(26)3)19-34(15-16-34)36-33(40)37-45(41,42)29-12-7-6-10-25(29)35/h6-14,17-18H,4-5,15-16,19-20H2,1-3H3,(H2,36,37,40). The molecule has 0 atom stereocenters. The van der Waals surface area contributed by atoms with Crippen LogP contribution < -0.4 is 24.4 Å². The maximum atomic E-state index is 14.1. The van der Waals surface area contributed by atoms with Gasteiger partial charge >= 0.3 is 6.03 Å². The summed E-state index contributed by atoms with van der Waals surface area (Å²) in [5, 5.41) is 4.56. The molecule has 0 unspecified atom stereocenters. The normalized spacial score (nSPS) is 15.1. The summed E-state index contributed by atoms with van der Waals surface area (Å²) >= 11 is 6.03. The van der Waals surface area contributed by atoms with Gasteiger partial charge in [-0.05, 0) is 86.9 Å². The molecule has 1 saturated carbocycles. The fraction of sp³-hybridized carbons (Fsp3) is 0.294. The van der Waals surface area contributed by atoms with Crippen molar-refractivity contribution in [3.8, 4) is 11.5 Å². The van der Waals surface area contributed by atoms with Crippen LogP contribution in [0.4, 0.5) is 10.5 Å². The van der Waals surface area contributed by atoms with Crippen molar-refractivity contribution in [3.63, 3.8) is 0 Å². The van der Waals surface area contributed by atoms with E-state index in [1.54, 1.807) is 17.0 Å². The lowest BCUT2D eigenvalue weighted by atomic mass is 9.98. The molecular formula is C34H34ClN3O6S. The van der Waals surface area contributed by atoms with E-state index in [9.17, 15) is 18.0 Å². The second-order valence-corrected chi connectivity index (χ2v) is 13.5. The highest BCUT2D eigenvalue weighted by molar-refractivity contribution is 7.90. The van der Waals surface area contributed by atoms with Crippen LogP contribution in [0.3, 0.4) is 0 Å². The van der Waals surface area contributed by atoms with Gasteiger partial charge < -0.3 is 19.7 Å². The van der Waals surface area contributed by atoms with Gasteiger partial charge in [0.2, 0.25) is 0 Å². The van der Waals surface area contributed by atoms with Crippen molar-refractivity contribution in [2.75, 3.05) is 18.1 Å². The van der Waals surface area contributed by atoms with Crippen molar-refractivity contribution in [1.82, 2.24) is 10.0 Å². The summed E-state index contributed by atoms with van der Waals surface area (Å²) in [6.45, 7) is 7.12. The lowest BCUT2D eigenvalue weighted by Gasteiger charge is -2.21. The van der Waals surface area contributed by atoms with E-state index in [1.807, 2.05) is 63.2 Å². The third-order valence-electron chi connectivity index (χ3n) is 8.25. The number of halogens is 1. The van der Waals surface area contributed by atoms with E-state index in [1.165, 1.54) is 12.1 Å². The molecule has 45 heavy (non-hydrogen) atoms. The predicted octanol–water partition coefficient (Wildman–Crippen LogP) is 6.52. The van der Waals surface area contributed by atoms with Crippen LogP contribution in [0.25, 0.3) is 10.8 Å². The molecule has 2 aliphatic rings. The number of urea groups is 1. The van der Waals surface area contributed by atoms with Gasteiger partial charge in [0, 0.05) is 22.2 Å². The van der Waals surface area contributed by atoms with Gasteiger partial charge in [0.05, 0.1) is 30.3 Å². The first-order valence-electron chi connectivity index (χ1n) is 14.9. The quantitative estimate of drug-likeness (QED) is 0.203. The summed E-state index contributed by atoms with van der Waals surface area (Å²) in [6.07, 6.45) is 1.93. The van der Waals surface area contributed by atoms with Crippen molar-refractivity contribution in [1.29, 1.82) is 0 Å². The number of fused-ring (bicyclic) bond motifs is 3. The lowest BCUT2D eigenvalue weighted by Crippen LogP contribution is -2.46. The maximum Gasteiger partial charge on any atom is 0.329 e. The number of anilines is 1. The van der Waals surface area contributed by atoms with Crippen LogP contribution in [0, 0.1) is 6.92 Å². The van der Waals surface area contributed by atoms with Crippen molar-refractivity contribution >= 4 is 50.0 Å². The van der Waals surface area contributed by atoms with Crippen LogP contribution in [-0.4, -0.2) is 39.1 Å². The molecule has 4 aromatic carbocycles. The van der Waals surface area contributed by atoms with Crippen molar-refractivity contribution in [2.24, 2.45) is 0 Å². The number of hydrogen-bond donors (Lipinski definition) is 2. The number of carbonyl (C=O) groups excluding carboxylic acids is 2. The maximum absolute atomic E-state index is 14.1. The third-order valence-corrected chi connectivity index (χ3v) is 10.1. The first-order chi connectivity index (χ1) is 21.6. The highest BCUT2D eigenvalue weighted by Gasteiger charge is 2.45. The van der Waals surface area contributed by atoms with E-state index in [4.69, 9.17) is 21.1 Å². The van der Waals surface area contributed by atoms with Gasteiger partial charge in [-0.2, -0.15) is 0 Å². The van der Waals surface area contributed by atoms with Crippen LogP contribution in [0.5, 0.6) is 11.5 Å². The number of aryl methyl sites for hydroxylation is 1. The van der Waals surface area contributed by atoms with Crippen LogP contribution >= 0.6 is 11.6 Å². The van der Waals surface area contributed by atoms with E-state index >= 15 is 0 Å². The minimum atomic E-state index is -4.13. The molecule has 0 aromatic heterocycles. The highest BCUT2D eigenvalue weighted by atomic mass is 35.5. The fourth-order valence-corrected chi connectivity index (χ4v) is 7.50. The van der Waals surface area contributed by atoms with Gasteiger partial charge in [-0.1, -0.05) is 48.0 Å². The van der Waals surface area contributed by atoms with E-state index < -0.39 is 21.6 Å². The van der Waals surface area contributed by atoms with E-state index in [-0.39, 0.29) is 15.8 Å². The molecular weight excluding hydrogens is 614 g/mol. The first kappa shape index (κ1) is 30.7. The molecule has 4 aromatic rings. The van der Waals surface area contributed by atoms with Crippen molar-refractivity contribution in [3.05, 3.63) is 94.0 Å². The number of nitrogens with zero attached hydrogens (tertiary/aromatic N) is 1. The summed E-state index contributed by atoms with van der Waals surface area (Å²) in [5.74, 6) is 1.24. The largest absolute Gasteiger partial charge is 0.493 e. The van der Waals surface area contributed by atoms with Crippen LogP contribution in [0.2, 0.25) is 5.02 Å². The van der Waals surface area contributed by atoms with Gasteiger partial charge in [0.15, 0.2) is 0 Å². The molecule has 0 saturated heterocycles. The Labute approximate surface area is 267 Å². The summed E-state index contributed by atoms with van der Waals surface area (Å²) in [7, 11) is -4.13. The number of nitrogens with one attached hydrogen (secondary N) is 2. The average Bonchev–Trinajstić information content (AvgIpc) is 3.64. The Kier molecular flexibility index (Phi) is 8.13. The van der Waals surface area contributed by atoms with Gasteiger partial charge in [-0.15, -0.1) is 0 Å². The predicted molar refractivity (Wildman–Crippen MR) is 174 cm³/mol. The summed E-state index contributed by atoms with van der Waals surface area (Å²) in [4.78, 5) is 28.4. The minimum Gasteiger partial charge on any atom is -0.493 e. The second kappa shape index (κ2) is 11.9. The Morgan fingerprint density at radius 2 is 1.71 bits per heavy atom. The lowest BCUT2D eigenvalue weighted by molar-refractivity contribution is 0.0997. The summed E-state index contributed by atoms with van der Waals surface area (Å²) < 4.78 is 39.4. The Bertz CT molecular complexity index is 1940. The zero-order valence-corrected chi connectivity index (χ0v) is 26.8. The molecule has 3 amide bonds. The zero-order chi connectivity index (χ0) is 31.9.